The molecule has 0 bridgehead atoms. The molecule has 0 saturated carbocycles. The summed E-state index contributed by atoms with van der Waals surface area (Å²) in [6, 6.07) is -0.280. The Bertz CT molecular complexity index is 283. The molecule has 0 spiro atoms. The SMILES string of the molecule is CNC(C)C(=O)NCC1CCN(CC(F)(F)F)C1. The van der Waals surface area contributed by atoms with E-state index in [-0.39, 0.29) is 17.9 Å². The third-order valence-corrected chi connectivity index (χ3v) is 3.16. The third-order valence-electron chi connectivity index (χ3n) is 3.16. The number of hydrogen-bond donors (Lipinski definition) is 2. The quantitative estimate of drug-likeness (QED) is 0.766. The fraction of sp³-hybridized carbons (Fsp3) is 0.909. The van der Waals surface area contributed by atoms with Crippen molar-refractivity contribution in [3.8, 4) is 0 Å². The number of hydrogen-bond acceptors (Lipinski definition) is 3. The van der Waals surface area contributed by atoms with Gasteiger partial charge in [0.15, 0.2) is 0 Å². The molecule has 1 saturated heterocycles. The van der Waals surface area contributed by atoms with Gasteiger partial charge in [-0.25, -0.2) is 0 Å². The van der Waals surface area contributed by atoms with Gasteiger partial charge in [0.1, 0.15) is 0 Å². The van der Waals surface area contributed by atoms with Crippen LogP contribution in [0.4, 0.5) is 13.2 Å². The summed E-state index contributed by atoms with van der Waals surface area (Å²) in [7, 11) is 1.69. The first kappa shape index (κ1) is 15.2. The summed E-state index contributed by atoms with van der Waals surface area (Å²) in [4.78, 5) is 12.9. The number of alkyl halides is 3. The number of likely N-dealkylation sites (tertiary alicyclic amines) is 1. The Hall–Kier alpha value is -0.820. The molecular formula is C11H20F3N3O. The molecule has 7 heteroatoms. The largest absolute Gasteiger partial charge is 0.401 e. The first-order valence-electron chi connectivity index (χ1n) is 6.06. The van der Waals surface area contributed by atoms with E-state index in [1.54, 1.807) is 14.0 Å². The summed E-state index contributed by atoms with van der Waals surface area (Å²) in [5.41, 5.74) is 0. The lowest BCUT2D eigenvalue weighted by molar-refractivity contribution is -0.143. The molecule has 1 heterocycles. The van der Waals surface area contributed by atoms with Crippen molar-refractivity contribution in [1.82, 2.24) is 15.5 Å². The maximum Gasteiger partial charge on any atom is 0.401 e. The highest BCUT2D eigenvalue weighted by Gasteiger charge is 2.34. The van der Waals surface area contributed by atoms with E-state index in [2.05, 4.69) is 10.6 Å². The van der Waals surface area contributed by atoms with Crippen LogP contribution in [0.5, 0.6) is 0 Å². The predicted octanol–water partition coefficient (Wildman–Crippen LogP) is 0.595. The number of amides is 1. The fourth-order valence-electron chi connectivity index (χ4n) is 2.01. The molecule has 2 atom stereocenters. The van der Waals surface area contributed by atoms with Crippen LogP contribution in [0.3, 0.4) is 0 Å². The molecule has 1 fully saturated rings. The molecule has 2 N–H and O–H groups in total. The topological polar surface area (TPSA) is 44.4 Å². The van der Waals surface area contributed by atoms with E-state index in [0.29, 0.717) is 26.1 Å². The Kier molecular flexibility index (Phi) is 5.40. The summed E-state index contributed by atoms with van der Waals surface area (Å²) in [6.07, 6.45) is -3.44. The zero-order valence-electron chi connectivity index (χ0n) is 10.7. The van der Waals surface area contributed by atoms with Crippen LogP contribution >= 0.6 is 0 Å². The van der Waals surface area contributed by atoms with Crippen LogP contribution in [0.25, 0.3) is 0 Å². The van der Waals surface area contributed by atoms with Crippen LogP contribution in [-0.4, -0.2) is 56.3 Å². The van der Waals surface area contributed by atoms with E-state index >= 15 is 0 Å². The van der Waals surface area contributed by atoms with Gasteiger partial charge in [0.05, 0.1) is 12.6 Å². The van der Waals surface area contributed by atoms with Gasteiger partial charge in [-0.1, -0.05) is 0 Å². The van der Waals surface area contributed by atoms with Gasteiger partial charge in [0.25, 0.3) is 0 Å². The molecule has 0 aromatic carbocycles. The van der Waals surface area contributed by atoms with Gasteiger partial charge in [-0.05, 0) is 32.9 Å². The lowest BCUT2D eigenvalue weighted by atomic mass is 10.1. The third kappa shape index (κ3) is 5.22. The molecule has 0 radical (unpaired) electrons. The summed E-state index contributed by atoms with van der Waals surface area (Å²) < 4.78 is 36.5. The Morgan fingerprint density at radius 2 is 2.17 bits per heavy atom. The average molecular weight is 267 g/mol. The molecule has 0 aromatic heterocycles. The van der Waals surface area contributed by atoms with Gasteiger partial charge in [-0.15, -0.1) is 0 Å². The lowest BCUT2D eigenvalue weighted by Gasteiger charge is -2.18. The number of nitrogens with one attached hydrogen (secondary N) is 2. The van der Waals surface area contributed by atoms with E-state index < -0.39 is 12.7 Å². The van der Waals surface area contributed by atoms with Crippen LogP contribution in [0.15, 0.2) is 0 Å². The molecular weight excluding hydrogens is 247 g/mol. The molecule has 106 valence electrons. The molecule has 1 rings (SSSR count). The maximum atomic E-state index is 12.2. The van der Waals surface area contributed by atoms with E-state index in [9.17, 15) is 18.0 Å². The van der Waals surface area contributed by atoms with Gasteiger partial charge >= 0.3 is 6.18 Å². The molecule has 4 nitrogen and oxygen atoms in total. The monoisotopic (exact) mass is 267 g/mol. The Balaban J connectivity index is 2.25. The number of nitrogens with zero attached hydrogens (tertiary/aromatic N) is 1. The highest BCUT2D eigenvalue weighted by atomic mass is 19.4. The first-order chi connectivity index (χ1) is 8.31. The second-order valence-corrected chi connectivity index (χ2v) is 4.76. The van der Waals surface area contributed by atoms with Crippen molar-refractivity contribution in [3.05, 3.63) is 0 Å². The van der Waals surface area contributed by atoms with Crippen molar-refractivity contribution in [2.45, 2.75) is 25.6 Å². The molecule has 1 aliphatic heterocycles. The van der Waals surface area contributed by atoms with Gasteiger partial charge < -0.3 is 10.6 Å². The molecule has 0 aliphatic carbocycles. The first-order valence-corrected chi connectivity index (χ1v) is 6.06. The van der Waals surface area contributed by atoms with E-state index in [4.69, 9.17) is 0 Å². The number of rotatable bonds is 5. The Morgan fingerprint density at radius 3 is 2.72 bits per heavy atom. The molecule has 1 amide bonds. The Morgan fingerprint density at radius 1 is 1.50 bits per heavy atom. The second kappa shape index (κ2) is 6.38. The molecule has 0 aromatic rings. The van der Waals surface area contributed by atoms with Crippen molar-refractivity contribution < 1.29 is 18.0 Å². The highest BCUT2D eigenvalue weighted by Crippen LogP contribution is 2.22. The summed E-state index contributed by atoms with van der Waals surface area (Å²) in [6.45, 7) is 2.17. The van der Waals surface area contributed by atoms with Gasteiger partial charge in [-0.2, -0.15) is 13.2 Å². The number of carbonyl (C=O) groups is 1. The summed E-state index contributed by atoms with van der Waals surface area (Å²) >= 11 is 0. The van der Waals surface area contributed by atoms with Crippen LogP contribution in [0, 0.1) is 5.92 Å². The van der Waals surface area contributed by atoms with E-state index in [1.807, 2.05) is 0 Å². The van der Waals surface area contributed by atoms with Gasteiger partial charge in [0, 0.05) is 13.1 Å². The van der Waals surface area contributed by atoms with Gasteiger partial charge in [-0.3, -0.25) is 9.69 Å². The number of halogens is 3. The second-order valence-electron chi connectivity index (χ2n) is 4.76. The van der Waals surface area contributed by atoms with Crippen molar-refractivity contribution >= 4 is 5.91 Å². The van der Waals surface area contributed by atoms with E-state index in [1.165, 1.54) is 4.90 Å². The van der Waals surface area contributed by atoms with Crippen molar-refractivity contribution in [3.63, 3.8) is 0 Å². The van der Waals surface area contributed by atoms with Gasteiger partial charge in [0.2, 0.25) is 5.91 Å². The Labute approximate surface area is 105 Å². The maximum absolute atomic E-state index is 12.2. The zero-order valence-corrected chi connectivity index (χ0v) is 10.7. The minimum absolute atomic E-state index is 0.111. The van der Waals surface area contributed by atoms with Crippen molar-refractivity contribution in [2.24, 2.45) is 5.92 Å². The van der Waals surface area contributed by atoms with Crippen LogP contribution < -0.4 is 10.6 Å². The average Bonchev–Trinajstić information content (AvgIpc) is 2.69. The molecule has 1 aliphatic rings. The summed E-state index contributed by atoms with van der Waals surface area (Å²) in [5, 5.41) is 5.56. The van der Waals surface area contributed by atoms with Crippen molar-refractivity contribution in [2.75, 3.05) is 33.2 Å². The minimum atomic E-state index is -4.14. The molecule has 2 unspecified atom stereocenters. The van der Waals surface area contributed by atoms with Crippen LogP contribution in [0.2, 0.25) is 0 Å². The van der Waals surface area contributed by atoms with Crippen molar-refractivity contribution in [1.29, 1.82) is 0 Å². The standard InChI is InChI=1S/C11H20F3N3O/c1-8(15-2)10(18)16-5-9-3-4-17(6-9)7-11(12,13)14/h8-9,15H,3-7H2,1-2H3,(H,16,18). The normalized spacial score (nSPS) is 23.1. The van der Waals surface area contributed by atoms with E-state index in [0.717, 1.165) is 0 Å². The molecule has 18 heavy (non-hydrogen) atoms. The van der Waals surface area contributed by atoms with Crippen LogP contribution in [-0.2, 0) is 4.79 Å². The lowest BCUT2D eigenvalue weighted by Crippen LogP contribution is -2.42. The minimum Gasteiger partial charge on any atom is -0.354 e. The highest BCUT2D eigenvalue weighted by molar-refractivity contribution is 5.81. The predicted molar refractivity (Wildman–Crippen MR) is 62.1 cm³/mol. The zero-order chi connectivity index (χ0) is 13.8. The fourth-order valence-corrected chi connectivity index (χ4v) is 2.01. The smallest absolute Gasteiger partial charge is 0.354 e. The number of likely N-dealkylation sites (N-methyl/N-ethyl adjacent to an activating group) is 1. The van der Waals surface area contributed by atoms with Crippen LogP contribution in [0.1, 0.15) is 13.3 Å². The summed E-state index contributed by atoms with van der Waals surface area (Å²) in [5.74, 6) is -0.00729. The number of carbonyl (C=O) groups excluding carboxylic acids is 1.